The van der Waals surface area contributed by atoms with Gasteiger partial charge in [0, 0.05) is 6.20 Å². The van der Waals surface area contributed by atoms with Crippen LogP contribution in [0.15, 0.2) is 23.6 Å². The fourth-order valence-electron chi connectivity index (χ4n) is 0.697. The van der Waals surface area contributed by atoms with E-state index in [9.17, 15) is 18.0 Å². The predicted molar refractivity (Wildman–Crippen MR) is 39.9 cm³/mol. The summed E-state index contributed by atoms with van der Waals surface area (Å²) in [6, 6.07) is 1.04. The van der Waals surface area contributed by atoms with Crippen molar-refractivity contribution in [2.45, 2.75) is 6.18 Å². The molecule has 0 spiro atoms. The Kier molecular flexibility index (Phi) is 2.22. The monoisotopic (exact) mass is 190 g/mol. The summed E-state index contributed by atoms with van der Waals surface area (Å²) >= 11 is 0. The Morgan fingerprint density at radius 2 is 2.15 bits per heavy atom. The summed E-state index contributed by atoms with van der Waals surface area (Å²) in [4.78, 5) is 15.7. The van der Waals surface area contributed by atoms with Crippen molar-refractivity contribution in [3.8, 4) is 0 Å². The molecule has 0 bridgehead atoms. The fraction of sp³-hybridized carbons (Fsp3) is 0.143. The molecule has 0 aliphatic carbocycles. The molecule has 0 aromatic carbocycles. The summed E-state index contributed by atoms with van der Waals surface area (Å²) in [7, 11) is 0. The number of nitrogens with one attached hydrogen (secondary N) is 1. The second-order valence-corrected chi connectivity index (χ2v) is 2.26. The lowest BCUT2D eigenvalue weighted by molar-refractivity contribution is -0.0689. The van der Waals surface area contributed by atoms with Gasteiger partial charge in [-0.2, -0.15) is 13.2 Å². The number of rotatable bonds is 1. The van der Waals surface area contributed by atoms with Gasteiger partial charge in [-0.1, -0.05) is 6.58 Å². The number of nitrogens with zero attached hydrogens (tertiary/aromatic N) is 1. The van der Waals surface area contributed by atoms with E-state index in [1.54, 1.807) is 0 Å². The third kappa shape index (κ3) is 2.17. The maximum absolute atomic E-state index is 12.0. The van der Waals surface area contributed by atoms with Crippen LogP contribution in [-0.2, 0) is 0 Å². The van der Waals surface area contributed by atoms with Crippen LogP contribution >= 0.6 is 0 Å². The molecule has 0 fully saturated rings. The van der Waals surface area contributed by atoms with Crippen LogP contribution in [0.1, 0.15) is 5.69 Å². The first-order chi connectivity index (χ1) is 5.91. The summed E-state index contributed by atoms with van der Waals surface area (Å²) in [5, 5.41) is 0. The van der Waals surface area contributed by atoms with Crippen LogP contribution in [-0.4, -0.2) is 16.1 Å². The summed E-state index contributed by atoms with van der Waals surface area (Å²) in [6.45, 7) is 2.81. The molecule has 1 aromatic heterocycles. The van der Waals surface area contributed by atoms with E-state index in [-0.39, 0.29) is 5.69 Å². The van der Waals surface area contributed by atoms with E-state index >= 15 is 0 Å². The summed E-state index contributed by atoms with van der Waals surface area (Å²) in [6.07, 6.45) is -3.55. The van der Waals surface area contributed by atoms with Gasteiger partial charge in [-0.15, -0.1) is 0 Å². The molecule has 0 saturated carbocycles. The Bertz CT molecular complexity index is 380. The molecular formula is C7H5F3N2O. The number of aromatic amines is 1. The van der Waals surface area contributed by atoms with Crippen molar-refractivity contribution < 1.29 is 13.2 Å². The standard InChI is InChI=1S/C7H5F3N2O/c1-4(7(8,9)10)5-2-3-11-6(13)12-5/h2-3H,1H2,(H,11,12,13). The molecule has 6 heteroatoms. The van der Waals surface area contributed by atoms with E-state index in [0.717, 1.165) is 12.3 Å². The summed E-state index contributed by atoms with van der Waals surface area (Å²) in [5.74, 6) is 0. The highest BCUT2D eigenvalue weighted by molar-refractivity contribution is 5.63. The van der Waals surface area contributed by atoms with Crippen LogP contribution in [0, 0.1) is 0 Å². The second-order valence-electron chi connectivity index (χ2n) is 2.26. The van der Waals surface area contributed by atoms with Gasteiger partial charge in [0.15, 0.2) is 0 Å². The zero-order valence-electron chi connectivity index (χ0n) is 6.35. The highest BCUT2D eigenvalue weighted by atomic mass is 19.4. The van der Waals surface area contributed by atoms with E-state index in [0.29, 0.717) is 0 Å². The van der Waals surface area contributed by atoms with Crippen molar-refractivity contribution in [2.24, 2.45) is 0 Å². The Hall–Kier alpha value is -1.59. The molecule has 3 nitrogen and oxygen atoms in total. The van der Waals surface area contributed by atoms with E-state index in [1.807, 2.05) is 4.98 Å². The van der Waals surface area contributed by atoms with Crippen molar-refractivity contribution in [2.75, 3.05) is 0 Å². The van der Waals surface area contributed by atoms with Crippen molar-refractivity contribution >= 4 is 5.57 Å². The summed E-state index contributed by atoms with van der Waals surface area (Å²) in [5.41, 5.74) is -2.29. The maximum atomic E-state index is 12.0. The van der Waals surface area contributed by atoms with Gasteiger partial charge in [0.2, 0.25) is 0 Å². The van der Waals surface area contributed by atoms with Gasteiger partial charge in [-0.05, 0) is 6.07 Å². The molecule has 0 unspecified atom stereocenters. The van der Waals surface area contributed by atoms with Gasteiger partial charge in [-0.25, -0.2) is 9.78 Å². The second kappa shape index (κ2) is 3.04. The molecule has 0 aliphatic heterocycles. The summed E-state index contributed by atoms with van der Waals surface area (Å²) < 4.78 is 36.1. The van der Waals surface area contributed by atoms with Crippen LogP contribution in [0.5, 0.6) is 0 Å². The van der Waals surface area contributed by atoms with Gasteiger partial charge in [-0.3, -0.25) is 0 Å². The average molecular weight is 190 g/mol. The smallest absolute Gasteiger partial charge is 0.305 e. The molecule has 13 heavy (non-hydrogen) atoms. The van der Waals surface area contributed by atoms with Crippen molar-refractivity contribution in [1.29, 1.82) is 0 Å². The number of allylic oxidation sites excluding steroid dienone is 1. The average Bonchev–Trinajstić information content (AvgIpc) is 2.01. The number of halogens is 3. The first-order valence-corrected chi connectivity index (χ1v) is 3.23. The molecule has 1 N–H and O–H groups in total. The molecule has 70 valence electrons. The Labute approximate surface area is 70.9 Å². The van der Waals surface area contributed by atoms with Gasteiger partial charge in [0.25, 0.3) is 0 Å². The molecule has 1 rings (SSSR count). The van der Waals surface area contributed by atoms with E-state index < -0.39 is 17.4 Å². The molecular weight excluding hydrogens is 185 g/mol. The van der Waals surface area contributed by atoms with Gasteiger partial charge < -0.3 is 4.98 Å². The van der Waals surface area contributed by atoms with Crippen LogP contribution < -0.4 is 5.69 Å². The van der Waals surface area contributed by atoms with Crippen LogP contribution in [0.2, 0.25) is 0 Å². The molecule has 0 atom stereocenters. The number of H-pyrrole nitrogens is 1. The number of aromatic nitrogens is 2. The SMILES string of the molecule is C=C(c1ccnc(=O)[nH]1)C(F)(F)F. The Morgan fingerprint density at radius 3 is 2.62 bits per heavy atom. The normalized spacial score (nSPS) is 11.3. The minimum absolute atomic E-state index is 0.368. The molecule has 0 saturated heterocycles. The minimum atomic E-state index is -4.54. The van der Waals surface area contributed by atoms with Gasteiger partial charge in [0.05, 0.1) is 11.3 Å². The lowest BCUT2D eigenvalue weighted by atomic mass is 10.2. The van der Waals surface area contributed by atoms with Crippen LogP contribution in [0.3, 0.4) is 0 Å². The third-order valence-corrected chi connectivity index (χ3v) is 1.34. The highest BCUT2D eigenvalue weighted by Crippen LogP contribution is 2.30. The molecule has 1 heterocycles. The molecule has 0 aliphatic rings. The van der Waals surface area contributed by atoms with E-state index in [1.165, 1.54) is 0 Å². The zero-order chi connectivity index (χ0) is 10.1. The van der Waals surface area contributed by atoms with Crippen molar-refractivity contribution in [3.05, 3.63) is 35.0 Å². The minimum Gasteiger partial charge on any atom is -0.305 e. The number of hydrogen-bond donors (Lipinski definition) is 1. The van der Waals surface area contributed by atoms with E-state index in [2.05, 4.69) is 11.6 Å². The first kappa shape index (κ1) is 9.50. The van der Waals surface area contributed by atoms with Crippen molar-refractivity contribution in [3.63, 3.8) is 0 Å². The quantitative estimate of drug-likeness (QED) is 0.726. The maximum Gasteiger partial charge on any atom is 0.417 e. The van der Waals surface area contributed by atoms with Crippen molar-refractivity contribution in [1.82, 2.24) is 9.97 Å². The third-order valence-electron chi connectivity index (χ3n) is 1.34. The van der Waals surface area contributed by atoms with Crippen LogP contribution in [0.25, 0.3) is 5.57 Å². The number of alkyl halides is 3. The topological polar surface area (TPSA) is 45.8 Å². The van der Waals surface area contributed by atoms with Gasteiger partial charge >= 0.3 is 11.9 Å². The Morgan fingerprint density at radius 1 is 1.54 bits per heavy atom. The lowest BCUT2D eigenvalue weighted by Crippen LogP contribution is -2.16. The largest absolute Gasteiger partial charge is 0.417 e. The molecule has 0 radical (unpaired) electrons. The Balaban J connectivity index is 3.10. The fourth-order valence-corrected chi connectivity index (χ4v) is 0.697. The lowest BCUT2D eigenvalue weighted by Gasteiger charge is -2.08. The van der Waals surface area contributed by atoms with Gasteiger partial charge in [0.1, 0.15) is 0 Å². The van der Waals surface area contributed by atoms with E-state index in [4.69, 9.17) is 0 Å². The van der Waals surface area contributed by atoms with Crippen LogP contribution in [0.4, 0.5) is 13.2 Å². The molecule has 0 amide bonds. The zero-order valence-corrected chi connectivity index (χ0v) is 6.35. The number of hydrogen-bond acceptors (Lipinski definition) is 2. The molecule has 1 aromatic rings. The predicted octanol–water partition coefficient (Wildman–Crippen LogP) is 1.35. The highest BCUT2D eigenvalue weighted by Gasteiger charge is 2.33. The first-order valence-electron chi connectivity index (χ1n) is 3.23.